The zero-order valence-corrected chi connectivity index (χ0v) is 14.7. The molecule has 1 fully saturated rings. The summed E-state index contributed by atoms with van der Waals surface area (Å²) in [7, 11) is -3.10. The number of nitrogens with zero attached hydrogens (tertiary/aromatic N) is 1. The molecule has 1 aliphatic rings. The van der Waals surface area contributed by atoms with Gasteiger partial charge in [0.05, 0.1) is 11.5 Å². The number of hydrogen-bond donors (Lipinski definition) is 0. The van der Waals surface area contributed by atoms with Crippen LogP contribution in [0, 0.1) is 5.82 Å². The van der Waals surface area contributed by atoms with Gasteiger partial charge in [-0.05, 0) is 37.1 Å². The molecule has 1 atom stereocenters. The van der Waals surface area contributed by atoms with Crippen LogP contribution >= 0.6 is 0 Å². The van der Waals surface area contributed by atoms with Crippen molar-refractivity contribution < 1.29 is 27.1 Å². The van der Waals surface area contributed by atoms with Crippen LogP contribution in [0.5, 0.6) is 0 Å². The third-order valence-corrected chi connectivity index (χ3v) is 5.66. The summed E-state index contributed by atoms with van der Waals surface area (Å²) in [6.07, 6.45) is 2.89. The van der Waals surface area contributed by atoms with E-state index in [1.54, 1.807) is 13.0 Å². The molecule has 0 N–H and O–H groups in total. The molecule has 6 nitrogen and oxygen atoms in total. The number of carbonyl (C=O) groups excluding carboxylic acids is 2. The van der Waals surface area contributed by atoms with Crippen molar-refractivity contribution in [2.24, 2.45) is 0 Å². The van der Waals surface area contributed by atoms with Crippen LogP contribution in [0.2, 0.25) is 0 Å². The van der Waals surface area contributed by atoms with E-state index in [9.17, 15) is 22.4 Å². The topological polar surface area (TPSA) is 80.8 Å². The van der Waals surface area contributed by atoms with Gasteiger partial charge in [0, 0.05) is 18.7 Å². The van der Waals surface area contributed by atoms with Gasteiger partial charge in [-0.3, -0.25) is 4.79 Å². The molecular formula is C17H20FNO5S. The van der Waals surface area contributed by atoms with Crippen molar-refractivity contribution in [1.29, 1.82) is 0 Å². The number of carbonyl (C=O) groups is 2. The number of hydrogen-bond acceptors (Lipinski definition) is 5. The Kier molecular flexibility index (Phi) is 6.30. The van der Waals surface area contributed by atoms with Crippen LogP contribution in [0.1, 0.15) is 18.9 Å². The number of amides is 1. The molecule has 0 radical (unpaired) electrons. The first-order valence-electron chi connectivity index (χ1n) is 7.91. The van der Waals surface area contributed by atoms with Crippen LogP contribution in [-0.4, -0.2) is 55.9 Å². The molecule has 0 spiro atoms. The lowest BCUT2D eigenvalue weighted by Gasteiger charge is -2.26. The molecule has 136 valence electrons. The van der Waals surface area contributed by atoms with Crippen molar-refractivity contribution in [3.8, 4) is 0 Å². The lowest BCUT2D eigenvalue weighted by atomic mass is 10.2. The normalized spacial score (nSPS) is 19.0. The second kappa shape index (κ2) is 8.24. The molecule has 1 aliphatic heterocycles. The molecule has 0 bridgehead atoms. The van der Waals surface area contributed by atoms with Crippen molar-refractivity contribution >= 4 is 27.8 Å². The fourth-order valence-electron chi connectivity index (χ4n) is 2.70. The molecule has 25 heavy (non-hydrogen) atoms. The Labute approximate surface area is 146 Å². The summed E-state index contributed by atoms with van der Waals surface area (Å²) in [6.45, 7) is 1.63. The first kappa shape index (κ1) is 19.1. The van der Waals surface area contributed by atoms with E-state index in [0.717, 1.165) is 6.08 Å². The Morgan fingerprint density at radius 1 is 1.40 bits per heavy atom. The van der Waals surface area contributed by atoms with Crippen molar-refractivity contribution in [2.45, 2.75) is 19.4 Å². The van der Waals surface area contributed by atoms with Gasteiger partial charge >= 0.3 is 5.97 Å². The number of ether oxygens (including phenoxy) is 1. The zero-order chi connectivity index (χ0) is 18.4. The highest BCUT2D eigenvalue weighted by Gasteiger charge is 2.34. The second-order valence-electron chi connectivity index (χ2n) is 5.73. The first-order valence-corrected chi connectivity index (χ1v) is 9.73. The highest BCUT2D eigenvalue weighted by atomic mass is 32.2. The summed E-state index contributed by atoms with van der Waals surface area (Å²) < 4.78 is 41.0. The maximum Gasteiger partial charge on any atom is 0.331 e. The van der Waals surface area contributed by atoms with Gasteiger partial charge in [0.1, 0.15) is 5.82 Å². The lowest BCUT2D eigenvalue weighted by molar-refractivity contribution is -0.149. The molecule has 1 aromatic carbocycles. The van der Waals surface area contributed by atoms with Crippen molar-refractivity contribution in [1.82, 2.24) is 4.90 Å². The molecule has 1 heterocycles. The van der Waals surface area contributed by atoms with E-state index in [1.807, 2.05) is 0 Å². The maximum atomic E-state index is 13.0. The Morgan fingerprint density at radius 3 is 2.76 bits per heavy atom. The van der Waals surface area contributed by atoms with Gasteiger partial charge in [-0.2, -0.15) is 0 Å². The summed E-state index contributed by atoms with van der Waals surface area (Å²) in [5.41, 5.74) is 0.495. The number of sulfone groups is 1. The molecule has 0 aliphatic carbocycles. The van der Waals surface area contributed by atoms with Gasteiger partial charge in [-0.25, -0.2) is 17.6 Å². The largest absolute Gasteiger partial charge is 0.452 e. The first-order chi connectivity index (χ1) is 11.8. The summed E-state index contributed by atoms with van der Waals surface area (Å²) in [5, 5.41) is 0. The van der Waals surface area contributed by atoms with E-state index < -0.39 is 34.1 Å². The minimum atomic E-state index is -3.10. The van der Waals surface area contributed by atoms with Gasteiger partial charge < -0.3 is 9.64 Å². The fourth-order valence-corrected chi connectivity index (χ4v) is 4.43. The molecule has 1 amide bonds. The van der Waals surface area contributed by atoms with E-state index in [2.05, 4.69) is 0 Å². The molecule has 0 saturated carbocycles. The minimum absolute atomic E-state index is 0.0556. The Bertz CT molecular complexity index is 775. The quantitative estimate of drug-likeness (QED) is 0.560. The van der Waals surface area contributed by atoms with Crippen LogP contribution in [0.25, 0.3) is 6.08 Å². The average molecular weight is 369 g/mol. The van der Waals surface area contributed by atoms with Gasteiger partial charge in [0.25, 0.3) is 5.91 Å². The highest BCUT2D eigenvalue weighted by Crippen LogP contribution is 2.17. The average Bonchev–Trinajstić information content (AvgIpc) is 2.91. The summed E-state index contributed by atoms with van der Waals surface area (Å²) in [4.78, 5) is 25.3. The molecular weight excluding hydrogens is 349 g/mol. The minimum Gasteiger partial charge on any atom is -0.452 e. The van der Waals surface area contributed by atoms with E-state index in [-0.39, 0.29) is 17.5 Å². The van der Waals surface area contributed by atoms with Crippen molar-refractivity contribution in [2.75, 3.05) is 24.7 Å². The van der Waals surface area contributed by atoms with Crippen molar-refractivity contribution in [3.05, 3.63) is 41.7 Å². The number of likely N-dealkylation sites (N-methyl/N-ethyl adjacent to an activating group) is 1. The van der Waals surface area contributed by atoms with Crippen LogP contribution < -0.4 is 0 Å². The summed E-state index contributed by atoms with van der Waals surface area (Å²) in [5.74, 6) is -1.57. The predicted molar refractivity (Wildman–Crippen MR) is 90.8 cm³/mol. The maximum absolute atomic E-state index is 13.0. The molecule has 1 aromatic rings. The van der Waals surface area contributed by atoms with E-state index >= 15 is 0 Å². The molecule has 2 rings (SSSR count). The van der Waals surface area contributed by atoms with E-state index in [0.29, 0.717) is 18.5 Å². The van der Waals surface area contributed by atoms with Crippen LogP contribution in [0.3, 0.4) is 0 Å². The van der Waals surface area contributed by atoms with Crippen molar-refractivity contribution in [3.63, 3.8) is 0 Å². The number of rotatable bonds is 6. The van der Waals surface area contributed by atoms with Gasteiger partial charge in [0.15, 0.2) is 16.4 Å². The zero-order valence-electron chi connectivity index (χ0n) is 13.9. The smallest absolute Gasteiger partial charge is 0.331 e. The highest BCUT2D eigenvalue weighted by molar-refractivity contribution is 7.91. The van der Waals surface area contributed by atoms with Gasteiger partial charge in [-0.1, -0.05) is 12.1 Å². The molecule has 1 saturated heterocycles. The number of esters is 1. The summed E-state index contributed by atoms with van der Waals surface area (Å²) in [6, 6.07) is 5.31. The Morgan fingerprint density at radius 2 is 2.16 bits per heavy atom. The van der Waals surface area contributed by atoms with Gasteiger partial charge in [-0.15, -0.1) is 0 Å². The lowest BCUT2D eigenvalue weighted by Crippen LogP contribution is -2.43. The third kappa shape index (κ3) is 5.67. The monoisotopic (exact) mass is 369 g/mol. The van der Waals surface area contributed by atoms with Crippen LogP contribution in [0.15, 0.2) is 30.3 Å². The Hall–Kier alpha value is -2.22. The third-order valence-electron chi connectivity index (χ3n) is 3.91. The van der Waals surface area contributed by atoms with E-state index in [1.165, 1.54) is 29.2 Å². The van der Waals surface area contributed by atoms with Crippen LogP contribution in [0.4, 0.5) is 4.39 Å². The molecule has 0 aromatic heterocycles. The standard InChI is InChI=1S/C17H20FNO5S/c1-2-19(15-8-9-25(22,23)12-15)16(20)11-24-17(21)7-6-13-4-3-5-14(18)10-13/h3-7,10,15H,2,8-9,11-12H2,1H3/b7-6+/t15-/m1/s1. The molecule has 0 unspecified atom stereocenters. The van der Waals surface area contributed by atoms with Crippen LogP contribution in [-0.2, 0) is 24.2 Å². The predicted octanol–water partition coefficient (Wildman–Crippen LogP) is 1.42. The molecule has 8 heteroatoms. The number of benzene rings is 1. The summed E-state index contributed by atoms with van der Waals surface area (Å²) >= 11 is 0. The fraction of sp³-hybridized carbons (Fsp3) is 0.412. The number of halogens is 1. The Balaban J connectivity index is 1.86. The second-order valence-corrected chi connectivity index (χ2v) is 7.96. The van der Waals surface area contributed by atoms with Gasteiger partial charge in [0.2, 0.25) is 0 Å². The van der Waals surface area contributed by atoms with E-state index in [4.69, 9.17) is 4.74 Å². The SMILES string of the molecule is CCN(C(=O)COC(=O)/C=C/c1cccc(F)c1)[C@@H]1CCS(=O)(=O)C1.